The minimum absolute atomic E-state index is 0.0659. The van der Waals surface area contributed by atoms with Crippen LogP contribution in [0.2, 0.25) is 0 Å². The second-order valence-electron chi connectivity index (χ2n) is 8.14. The number of hydrogen-bond donors (Lipinski definition) is 1. The zero-order valence-electron chi connectivity index (χ0n) is 18.8. The maximum Gasteiger partial charge on any atom is 0.290 e. The molecule has 1 N–H and O–H groups in total. The standard InChI is InChI=1S/C24H28N2O5S/c1-5-18-6-8-19(9-7-18)25-32(28,29)23-16(3)15(2)14-20-17(4)21(31-22(20)23)24(27)26-10-12-30-13-11-26/h6-9,14,25H,5,10-13H2,1-4H3. The van der Waals surface area contributed by atoms with Crippen LogP contribution in [0.1, 0.15) is 39.7 Å². The molecule has 2 heterocycles. The number of nitrogens with zero attached hydrogens (tertiary/aromatic N) is 1. The van der Waals surface area contributed by atoms with Gasteiger partial charge in [-0.1, -0.05) is 19.1 Å². The van der Waals surface area contributed by atoms with Gasteiger partial charge in [0.1, 0.15) is 4.90 Å². The summed E-state index contributed by atoms with van der Waals surface area (Å²) in [5.41, 5.74) is 3.85. The van der Waals surface area contributed by atoms with E-state index in [1.807, 2.05) is 32.0 Å². The predicted molar refractivity (Wildman–Crippen MR) is 124 cm³/mol. The van der Waals surface area contributed by atoms with Gasteiger partial charge in [-0.05, 0) is 62.1 Å². The Balaban J connectivity index is 1.81. The van der Waals surface area contributed by atoms with Crippen LogP contribution in [0.4, 0.5) is 5.69 Å². The lowest BCUT2D eigenvalue weighted by molar-refractivity contribution is 0.0283. The molecule has 4 rings (SSSR count). The quantitative estimate of drug-likeness (QED) is 0.622. The maximum absolute atomic E-state index is 13.5. The molecular formula is C24H28N2O5S. The summed E-state index contributed by atoms with van der Waals surface area (Å²) < 4.78 is 40.9. The summed E-state index contributed by atoms with van der Waals surface area (Å²) in [7, 11) is -3.96. The molecule has 8 heteroatoms. The lowest BCUT2D eigenvalue weighted by Gasteiger charge is -2.26. The van der Waals surface area contributed by atoms with E-state index in [1.165, 1.54) is 0 Å². The number of ether oxygens (including phenoxy) is 1. The summed E-state index contributed by atoms with van der Waals surface area (Å²) in [6.07, 6.45) is 0.871. The Morgan fingerprint density at radius 3 is 2.34 bits per heavy atom. The van der Waals surface area contributed by atoms with Gasteiger partial charge in [-0.3, -0.25) is 9.52 Å². The molecule has 3 aromatic rings. The highest BCUT2D eigenvalue weighted by atomic mass is 32.2. The van der Waals surface area contributed by atoms with Crippen LogP contribution >= 0.6 is 0 Å². The average Bonchev–Trinajstić information content (AvgIpc) is 3.10. The Kier molecular flexibility index (Phi) is 6.01. The van der Waals surface area contributed by atoms with Gasteiger partial charge in [0.25, 0.3) is 15.9 Å². The Morgan fingerprint density at radius 1 is 1.06 bits per heavy atom. The van der Waals surface area contributed by atoms with E-state index in [4.69, 9.17) is 9.15 Å². The van der Waals surface area contributed by atoms with Crippen LogP contribution in [0.3, 0.4) is 0 Å². The monoisotopic (exact) mass is 456 g/mol. The summed E-state index contributed by atoms with van der Waals surface area (Å²) >= 11 is 0. The maximum atomic E-state index is 13.5. The third-order valence-electron chi connectivity index (χ3n) is 6.07. The first-order valence-electron chi connectivity index (χ1n) is 10.7. The number of carbonyl (C=O) groups excluding carboxylic acids is 1. The molecule has 0 atom stereocenters. The van der Waals surface area contributed by atoms with Crippen LogP contribution in [-0.2, 0) is 21.2 Å². The van der Waals surface area contributed by atoms with E-state index >= 15 is 0 Å². The number of nitrogens with one attached hydrogen (secondary N) is 1. The number of carbonyl (C=O) groups is 1. The van der Waals surface area contributed by atoms with Crippen LogP contribution < -0.4 is 4.72 Å². The van der Waals surface area contributed by atoms with Crippen molar-refractivity contribution in [3.63, 3.8) is 0 Å². The molecule has 0 bridgehead atoms. The Hall–Kier alpha value is -2.84. The van der Waals surface area contributed by atoms with Crippen molar-refractivity contribution in [2.24, 2.45) is 0 Å². The number of amides is 1. The van der Waals surface area contributed by atoms with Gasteiger partial charge >= 0.3 is 0 Å². The molecule has 1 aliphatic heterocycles. The third kappa shape index (κ3) is 4.00. The minimum atomic E-state index is -3.96. The first kappa shape index (κ1) is 22.4. The molecule has 1 amide bonds. The fraction of sp³-hybridized carbons (Fsp3) is 0.375. The van der Waals surface area contributed by atoms with Crippen LogP contribution in [0.25, 0.3) is 11.0 Å². The summed E-state index contributed by atoms with van der Waals surface area (Å²) in [6.45, 7) is 9.36. The Labute approximate surface area is 188 Å². The molecule has 0 spiro atoms. The molecule has 1 aliphatic rings. The smallest absolute Gasteiger partial charge is 0.290 e. The second kappa shape index (κ2) is 8.60. The number of fused-ring (bicyclic) bond motifs is 1. The zero-order chi connectivity index (χ0) is 23.0. The number of benzene rings is 2. The fourth-order valence-electron chi connectivity index (χ4n) is 4.00. The van der Waals surface area contributed by atoms with E-state index < -0.39 is 10.0 Å². The van der Waals surface area contributed by atoms with Gasteiger partial charge < -0.3 is 14.1 Å². The highest BCUT2D eigenvalue weighted by Crippen LogP contribution is 2.36. The van der Waals surface area contributed by atoms with Gasteiger partial charge in [-0.15, -0.1) is 0 Å². The van der Waals surface area contributed by atoms with Crippen molar-refractivity contribution in [2.45, 2.75) is 39.0 Å². The van der Waals surface area contributed by atoms with E-state index in [-0.39, 0.29) is 22.1 Å². The van der Waals surface area contributed by atoms with Crippen molar-refractivity contribution >= 4 is 32.6 Å². The molecule has 7 nitrogen and oxygen atoms in total. The number of aryl methyl sites for hydroxylation is 3. The molecule has 0 aliphatic carbocycles. The fourth-order valence-corrected chi connectivity index (χ4v) is 5.50. The molecule has 170 valence electrons. The third-order valence-corrected chi connectivity index (χ3v) is 7.60. The predicted octanol–water partition coefficient (Wildman–Crippen LogP) is 4.19. The lowest BCUT2D eigenvalue weighted by atomic mass is 10.0. The van der Waals surface area contributed by atoms with Crippen molar-refractivity contribution in [1.29, 1.82) is 0 Å². The van der Waals surface area contributed by atoms with Crippen LogP contribution in [-0.4, -0.2) is 45.5 Å². The van der Waals surface area contributed by atoms with Crippen LogP contribution in [0.5, 0.6) is 0 Å². The molecular weight excluding hydrogens is 428 g/mol. The summed E-state index contributed by atoms with van der Waals surface area (Å²) in [6, 6.07) is 9.17. The normalized spacial score (nSPS) is 14.7. The van der Waals surface area contributed by atoms with Gasteiger partial charge in [0.05, 0.1) is 13.2 Å². The molecule has 0 unspecified atom stereocenters. The van der Waals surface area contributed by atoms with E-state index in [2.05, 4.69) is 4.72 Å². The summed E-state index contributed by atoms with van der Waals surface area (Å²) in [5.74, 6) is -0.0700. The second-order valence-corrected chi connectivity index (χ2v) is 9.76. The van der Waals surface area contributed by atoms with Gasteiger partial charge in [0, 0.05) is 29.7 Å². The molecule has 1 saturated heterocycles. The van der Waals surface area contributed by atoms with Gasteiger partial charge in [0.2, 0.25) is 0 Å². The van der Waals surface area contributed by atoms with Gasteiger partial charge in [0.15, 0.2) is 11.3 Å². The van der Waals surface area contributed by atoms with E-state index in [0.717, 1.165) is 17.5 Å². The summed E-state index contributed by atoms with van der Waals surface area (Å²) in [4.78, 5) is 14.8. The Bertz CT molecular complexity index is 1270. The van der Waals surface area contributed by atoms with Crippen molar-refractivity contribution in [3.05, 3.63) is 58.3 Å². The van der Waals surface area contributed by atoms with Crippen molar-refractivity contribution < 1.29 is 22.4 Å². The largest absolute Gasteiger partial charge is 0.449 e. The van der Waals surface area contributed by atoms with Crippen molar-refractivity contribution in [3.8, 4) is 0 Å². The van der Waals surface area contributed by atoms with Gasteiger partial charge in [-0.25, -0.2) is 8.42 Å². The Morgan fingerprint density at radius 2 is 1.72 bits per heavy atom. The zero-order valence-corrected chi connectivity index (χ0v) is 19.6. The number of hydrogen-bond acceptors (Lipinski definition) is 5. The first-order valence-corrected chi connectivity index (χ1v) is 12.2. The van der Waals surface area contributed by atoms with Gasteiger partial charge in [-0.2, -0.15) is 0 Å². The van der Waals surface area contributed by atoms with E-state index in [0.29, 0.717) is 48.5 Å². The highest BCUT2D eigenvalue weighted by Gasteiger charge is 2.30. The van der Waals surface area contributed by atoms with E-state index in [9.17, 15) is 13.2 Å². The number of morpholine rings is 1. The van der Waals surface area contributed by atoms with E-state index in [1.54, 1.807) is 30.9 Å². The molecule has 2 aromatic carbocycles. The van der Waals surface area contributed by atoms with Crippen LogP contribution in [0, 0.1) is 20.8 Å². The number of furan rings is 1. The van der Waals surface area contributed by atoms with Crippen molar-refractivity contribution in [2.75, 3.05) is 31.0 Å². The average molecular weight is 457 g/mol. The van der Waals surface area contributed by atoms with Crippen molar-refractivity contribution in [1.82, 2.24) is 4.90 Å². The molecule has 32 heavy (non-hydrogen) atoms. The number of anilines is 1. The molecule has 1 aromatic heterocycles. The first-order chi connectivity index (χ1) is 15.2. The number of rotatable bonds is 5. The minimum Gasteiger partial charge on any atom is -0.449 e. The topological polar surface area (TPSA) is 88.9 Å². The molecule has 0 radical (unpaired) electrons. The molecule has 0 saturated carbocycles. The lowest BCUT2D eigenvalue weighted by Crippen LogP contribution is -2.40. The summed E-state index contributed by atoms with van der Waals surface area (Å²) in [5, 5.41) is 0.631. The van der Waals surface area contributed by atoms with Crippen LogP contribution in [0.15, 0.2) is 39.6 Å². The molecule has 1 fully saturated rings. The SMILES string of the molecule is CCc1ccc(NS(=O)(=O)c2c(C)c(C)cc3c(C)c(C(=O)N4CCOCC4)oc23)cc1. The highest BCUT2D eigenvalue weighted by molar-refractivity contribution is 7.93. The number of sulfonamides is 1.